The van der Waals surface area contributed by atoms with E-state index in [-0.39, 0.29) is 29.1 Å². The number of ether oxygens (including phenoxy) is 3. The molecule has 0 radical (unpaired) electrons. The first kappa shape index (κ1) is 20.7. The average Bonchev–Trinajstić information content (AvgIpc) is 3.19. The second-order valence-corrected chi connectivity index (χ2v) is 7.68. The van der Waals surface area contributed by atoms with Crippen molar-refractivity contribution in [2.24, 2.45) is 0 Å². The van der Waals surface area contributed by atoms with E-state index in [1.807, 2.05) is 6.92 Å². The first-order chi connectivity index (χ1) is 14.3. The number of benzene rings is 1. The molecule has 160 valence electrons. The van der Waals surface area contributed by atoms with Crippen LogP contribution in [-0.2, 0) is 14.2 Å². The minimum atomic E-state index is -1.17. The van der Waals surface area contributed by atoms with E-state index < -0.39 is 42.8 Å². The van der Waals surface area contributed by atoms with Crippen LogP contribution in [0.25, 0.3) is 6.08 Å². The molecule has 8 nitrogen and oxygen atoms in total. The number of hydrogen-bond acceptors (Lipinski definition) is 8. The van der Waals surface area contributed by atoms with Gasteiger partial charge in [-0.25, -0.2) is 0 Å². The quantitative estimate of drug-likeness (QED) is 0.666. The van der Waals surface area contributed by atoms with Crippen molar-refractivity contribution in [1.29, 1.82) is 0 Å². The number of fused-ring (bicyclic) bond motifs is 2. The Bertz CT molecular complexity index is 960. The number of aliphatic hydroxyl groups is 2. The SMILES string of the molecule is CCCC1OC(C)=Cc2cc3c(c(O)c21)C(=O)C([C@@H]1OC[C@@H](C(O)CO)O1)=CC3=O. The van der Waals surface area contributed by atoms with Crippen molar-refractivity contribution in [3.63, 3.8) is 0 Å². The van der Waals surface area contributed by atoms with E-state index in [0.29, 0.717) is 23.3 Å². The molecule has 1 aromatic carbocycles. The maximum absolute atomic E-state index is 13.2. The predicted octanol–water partition coefficient (Wildman–Crippen LogP) is 2.02. The third kappa shape index (κ3) is 3.35. The maximum Gasteiger partial charge on any atom is 0.198 e. The molecule has 2 heterocycles. The molecule has 4 rings (SSSR count). The summed E-state index contributed by atoms with van der Waals surface area (Å²) in [6.07, 6.45) is 0.769. The normalized spacial score (nSPS) is 26.5. The second-order valence-electron chi connectivity index (χ2n) is 7.68. The van der Waals surface area contributed by atoms with Crippen molar-refractivity contribution in [1.82, 2.24) is 0 Å². The van der Waals surface area contributed by atoms with Crippen molar-refractivity contribution in [3.8, 4) is 5.75 Å². The molecule has 3 aliphatic rings. The summed E-state index contributed by atoms with van der Waals surface area (Å²) in [6, 6.07) is 1.61. The number of carbonyl (C=O) groups excluding carboxylic acids is 2. The van der Waals surface area contributed by atoms with Crippen LogP contribution in [0, 0.1) is 0 Å². The number of rotatable bonds is 5. The zero-order valence-corrected chi connectivity index (χ0v) is 16.8. The van der Waals surface area contributed by atoms with Crippen LogP contribution >= 0.6 is 0 Å². The van der Waals surface area contributed by atoms with Gasteiger partial charge in [-0.2, -0.15) is 0 Å². The number of phenols is 1. The molecular weight excluding hydrogens is 392 g/mol. The Kier molecular flexibility index (Phi) is 5.50. The van der Waals surface area contributed by atoms with Gasteiger partial charge in [-0.05, 0) is 37.1 Å². The van der Waals surface area contributed by atoms with Crippen LogP contribution in [0.2, 0.25) is 0 Å². The van der Waals surface area contributed by atoms with E-state index in [4.69, 9.17) is 19.3 Å². The maximum atomic E-state index is 13.2. The van der Waals surface area contributed by atoms with Crippen LogP contribution in [0.3, 0.4) is 0 Å². The summed E-state index contributed by atoms with van der Waals surface area (Å²) in [6.45, 7) is 3.24. The fourth-order valence-electron chi connectivity index (χ4n) is 4.09. The Balaban J connectivity index is 1.74. The molecule has 8 heteroatoms. The minimum Gasteiger partial charge on any atom is -0.507 e. The predicted molar refractivity (Wildman–Crippen MR) is 105 cm³/mol. The van der Waals surface area contributed by atoms with E-state index >= 15 is 0 Å². The number of ketones is 2. The van der Waals surface area contributed by atoms with Crippen LogP contribution in [0.5, 0.6) is 5.75 Å². The van der Waals surface area contributed by atoms with Crippen LogP contribution in [0.4, 0.5) is 0 Å². The van der Waals surface area contributed by atoms with Gasteiger partial charge in [0.15, 0.2) is 17.9 Å². The van der Waals surface area contributed by atoms with Crippen molar-refractivity contribution in [2.45, 2.75) is 51.3 Å². The number of allylic oxidation sites excluding steroid dienone is 2. The Morgan fingerprint density at radius 3 is 2.73 bits per heavy atom. The Hall–Kier alpha value is -2.52. The first-order valence-electron chi connectivity index (χ1n) is 9.97. The molecule has 4 atom stereocenters. The highest BCUT2D eigenvalue weighted by atomic mass is 16.7. The highest BCUT2D eigenvalue weighted by molar-refractivity contribution is 6.26. The topological polar surface area (TPSA) is 123 Å². The lowest BCUT2D eigenvalue weighted by Gasteiger charge is -2.29. The summed E-state index contributed by atoms with van der Waals surface area (Å²) < 4.78 is 16.8. The second kappa shape index (κ2) is 7.96. The number of aromatic hydroxyl groups is 1. The number of hydrogen-bond donors (Lipinski definition) is 3. The Morgan fingerprint density at radius 2 is 2.03 bits per heavy atom. The van der Waals surface area contributed by atoms with E-state index in [1.54, 1.807) is 19.1 Å². The van der Waals surface area contributed by atoms with Crippen LogP contribution in [-0.4, -0.2) is 58.6 Å². The highest BCUT2D eigenvalue weighted by Crippen LogP contribution is 2.44. The molecule has 0 saturated carbocycles. The molecule has 0 bridgehead atoms. The number of carbonyl (C=O) groups is 2. The van der Waals surface area contributed by atoms with Crippen molar-refractivity contribution >= 4 is 17.6 Å². The van der Waals surface area contributed by atoms with Gasteiger partial charge in [-0.3, -0.25) is 9.59 Å². The molecule has 0 spiro atoms. The number of aliphatic hydroxyl groups excluding tert-OH is 2. The fraction of sp³-hybridized carbons (Fsp3) is 0.455. The minimum absolute atomic E-state index is 0.0370. The van der Waals surface area contributed by atoms with Gasteiger partial charge in [-0.1, -0.05) is 13.3 Å². The molecule has 1 aromatic rings. The summed E-state index contributed by atoms with van der Waals surface area (Å²) >= 11 is 0. The van der Waals surface area contributed by atoms with Gasteiger partial charge in [0.05, 0.1) is 30.1 Å². The summed E-state index contributed by atoms with van der Waals surface area (Å²) in [5.41, 5.74) is 1.13. The van der Waals surface area contributed by atoms with Gasteiger partial charge in [-0.15, -0.1) is 0 Å². The lowest BCUT2D eigenvalue weighted by atomic mass is 9.82. The monoisotopic (exact) mass is 416 g/mol. The third-order valence-corrected chi connectivity index (χ3v) is 5.55. The largest absolute Gasteiger partial charge is 0.507 e. The molecule has 0 amide bonds. The van der Waals surface area contributed by atoms with Crippen molar-refractivity contribution < 1.29 is 39.1 Å². The summed E-state index contributed by atoms with van der Waals surface area (Å²) in [7, 11) is 0. The standard InChI is InChI=1S/C22H24O8/c1-3-4-16-18-11(5-10(2)29-16)6-12-14(24)7-13(20(26)19(12)21(18)27)22-28-9-17(30-22)15(25)8-23/h5-7,15-17,22-23,25,27H,3-4,8-9H2,1-2H3/t15?,16?,17-,22+/m0/s1. The smallest absolute Gasteiger partial charge is 0.198 e. The van der Waals surface area contributed by atoms with Crippen molar-refractivity contribution in [3.05, 3.63) is 45.7 Å². The van der Waals surface area contributed by atoms with E-state index in [2.05, 4.69) is 0 Å². The van der Waals surface area contributed by atoms with Gasteiger partial charge >= 0.3 is 0 Å². The van der Waals surface area contributed by atoms with E-state index in [1.165, 1.54) is 0 Å². The van der Waals surface area contributed by atoms with E-state index in [0.717, 1.165) is 12.5 Å². The molecular formula is C22H24O8. The summed E-state index contributed by atoms with van der Waals surface area (Å²) in [4.78, 5) is 26.0. The van der Waals surface area contributed by atoms with Crippen LogP contribution in [0.1, 0.15) is 64.6 Å². The lowest BCUT2D eigenvalue weighted by Crippen LogP contribution is -2.33. The van der Waals surface area contributed by atoms with Gasteiger partial charge in [0.2, 0.25) is 0 Å². The Labute approximate surface area is 173 Å². The molecule has 2 unspecified atom stereocenters. The third-order valence-electron chi connectivity index (χ3n) is 5.55. The molecule has 3 N–H and O–H groups in total. The highest BCUT2D eigenvalue weighted by Gasteiger charge is 2.41. The first-order valence-corrected chi connectivity index (χ1v) is 9.97. The Morgan fingerprint density at radius 1 is 1.27 bits per heavy atom. The molecule has 1 fully saturated rings. The van der Waals surface area contributed by atoms with Crippen LogP contribution < -0.4 is 0 Å². The fourth-order valence-corrected chi connectivity index (χ4v) is 4.09. The summed E-state index contributed by atoms with van der Waals surface area (Å²) in [5, 5.41) is 29.8. The molecule has 2 aliphatic heterocycles. The molecule has 1 aliphatic carbocycles. The van der Waals surface area contributed by atoms with Crippen molar-refractivity contribution in [2.75, 3.05) is 13.2 Å². The lowest BCUT2D eigenvalue weighted by molar-refractivity contribution is -0.0673. The summed E-state index contributed by atoms with van der Waals surface area (Å²) in [5.74, 6) is -0.609. The zero-order chi connectivity index (χ0) is 21.6. The average molecular weight is 416 g/mol. The number of Topliss-reactive ketones (excluding diaryl/α,β-unsaturated/α-hetero) is 1. The van der Waals surface area contributed by atoms with Gasteiger partial charge in [0.1, 0.15) is 24.1 Å². The number of phenolic OH excluding ortho intramolecular Hbond substituents is 1. The zero-order valence-electron chi connectivity index (χ0n) is 16.8. The molecule has 30 heavy (non-hydrogen) atoms. The molecule has 0 aromatic heterocycles. The molecule has 1 saturated heterocycles. The van der Waals surface area contributed by atoms with E-state index in [9.17, 15) is 19.8 Å². The van der Waals surface area contributed by atoms with Gasteiger partial charge < -0.3 is 29.5 Å². The van der Waals surface area contributed by atoms with Gasteiger partial charge in [0, 0.05) is 11.1 Å². The van der Waals surface area contributed by atoms with Gasteiger partial charge in [0.25, 0.3) is 0 Å². The van der Waals surface area contributed by atoms with Crippen LogP contribution in [0.15, 0.2) is 23.5 Å².